The molecule has 1 unspecified atom stereocenters. The molecule has 0 saturated carbocycles. The number of amides is 1. The molecule has 0 saturated heterocycles. The molecule has 0 spiro atoms. The van der Waals surface area contributed by atoms with Crippen molar-refractivity contribution in [2.24, 2.45) is 5.73 Å². The lowest BCUT2D eigenvalue weighted by Crippen LogP contribution is -2.21. The van der Waals surface area contributed by atoms with Crippen molar-refractivity contribution in [1.82, 2.24) is 15.0 Å². The number of aromatic nitrogens is 3. The van der Waals surface area contributed by atoms with E-state index in [1.54, 1.807) is 30.3 Å². The fourth-order valence-electron chi connectivity index (χ4n) is 2.76. The van der Waals surface area contributed by atoms with E-state index >= 15 is 0 Å². The van der Waals surface area contributed by atoms with Gasteiger partial charge in [-0.05, 0) is 41.3 Å². The summed E-state index contributed by atoms with van der Waals surface area (Å²) in [5, 5.41) is 7.99. The Morgan fingerprint density at radius 3 is 2.38 bits per heavy atom. The van der Waals surface area contributed by atoms with Crippen molar-refractivity contribution in [1.29, 1.82) is 0 Å². The number of hydrogen-bond acceptors (Lipinski definition) is 4. The van der Waals surface area contributed by atoms with Gasteiger partial charge in [0.05, 0.1) is 23.3 Å². The van der Waals surface area contributed by atoms with E-state index in [1.807, 2.05) is 12.1 Å². The Balaban J connectivity index is 2.13. The first kappa shape index (κ1) is 21.0. The zero-order valence-corrected chi connectivity index (χ0v) is 17.6. The highest BCUT2D eigenvalue weighted by atomic mass is 35.5. The molecule has 152 valence electrons. The lowest BCUT2D eigenvalue weighted by Gasteiger charge is -2.24. The van der Waals surface area contributed by atoms with Crippen molar-refractivity contribution in [3.63, 3.8) is 0 Å². The van der Waals surface area contributed by atoms with Gasteiger partial charge in [-0.25, -0.2) is 13.2 Å². The van der Waals surface area contributed by atoms with E-state index in [-0.39, 0.29) is 11.1 Å². The van der Waals surface area contributed by atoms with E-state index < -0.39 is 17.2 Å². The number of anilines is 2. The molecule has 3 N–H and O–H groups in total. The first-order valence-corrected chi connectivity index (χ1v) is 10.1. The highest BCUT2D eigenvalue weighted by Gasteiger charge is 2.22. The van der Waals surface area contributed by atoms with Crippen LogP contribution in [0.5, 0.6) is 0 Å². The third kappa shape index (κ3) is 4.47. The number of primary amides is 1. The molecule has 29 heavy (non-hydrogen) atoms. The number of carbonyl (C=O) groups excluding carboxylic acids is 1. The summed E-state index contributed by atoms with van der Waals surface area (Å²) < 4.78 is 24.8. The van der Waals surface area contributed by atoms with Gasteiger partial charge in [0.1, 0.15) is 0 Å². The topological polar surface area (TPSA) is 114 Å². The molecule has 10 heteroatoms. The van der Waals surface area contributed by atoms with Crippen LogP contribution in [0.4, 0.5) is 11.4 Å². The van der Waals surface area contributed by atoms with Gasteiger partial charge in [0.25, 0.3) is 17.2 Å². The highest BCUT2D eigenvalue weighted by molar-refractivity contribution is 7.81. The van der Waals surface area contributed by atoms with Crippen LogP contribution in [0.25, 0.3) is 5.69 Å². The van der Waals surface area contributed by atoms with Crippen molar-refractivity contribution in [3.8, 4) is 5.69 Å². The van der Waals surface area contributed by atoms with E-state index in [1.165, 1.54) is 15.2 Å². The molecule has 1 aromatic heterocycles. The minimum absolute atomic E-state index is 0.0397. The molecule has 2 aromatic carbocycles. The van der Waals surface area contributed by atoms with Crippen LogP contribution in [0.3, 0.4) is 0 Å². The van der Waals surface area contributed by atoms with Crippen LogP contribution in [0.2, 0.25) is 5.02 Å². The predicted octanol–water partition coefficient (Wildman–Crippen LogP) is 3.59. The summed E-state index contributed by atoms with van der Waals surface area (Å²) in [5.41, 5.74) is 7.44. The molecular formula is C19H20ClN5O3S. The minimum atomic E-state index is -2.39. The second-order valence-electron chi connectivity index (χ2n) is 7.37. The van der Waals surface area contributed by atoms with Gasteiger partial charge in [-0.1, -0.05) is 49.7 Å². The fraction of sp³-hybridized carbons (Fsp3) is 0.211. The maximum Gasteiger partial charge on any atom is 0.270 e. The zero-order chi connectivity index (χ0) is 21.3. The number of benzene rings is 2. The van der Waals surface area contributed by atoms with E-state index in [0.717, 1.165) is 5.56 Å². The van der Waals surface area contributed by atoms with Crippen molar-refractivity contribution < 1.29 is 13.6 Å². The van der Waals surface area contributed by atoms with Gasteiger partial charge in [0, 0.05) is 5.02 Å². The Kier molecular flexibility index (Phi) is 5.74. The lowest BCUT2D eigenvalue weighted by atomic mass is 9.87. The molecule has 1 heterocycles. The van der Waals surface area contributed by atoms with Crippen LogP contribution in [0.15, 0.2) is 48.7 Å². The quantitative estimate of drug-likeness (QED) is 0.596. The maximum absolute atomic E-state index is 12.2. The summed E-state index contributed by atoms with van der Waals surface area (Å²) in [5.74, 6) is -0.736. The number of nitrogens with zero attached hydrogens (tertiary/aromatic N) is 4. The third-order valence-corrected chi connectivity index (χ3v) is 5.23. The number of rotatable bonds is 5. The van der Waals surface area contributed by atoms with E-state index in [9.17, 15) is 13.6 Å². The predicted molar refractivity (Wildman–Crippen MR) is 113 cm³/mol. The summed E-state index contributed by atoms with van der Waals surface area (Å²) in [6, 6.07) is 12.1. The van der Waals surface area contributed by atoms with Crippen LogP contribution >= 0.6 is 11.6 Å². The van der Waals surface area contributed by atoms with Gasteiger partial charge in [-0.3, -0.25) is 9.35 Å². The summed E-state index contributed by atoms with van der Waals surface area (Å²) >= 11 is 3.74. The Bertz CT molecular complexity index is 1080. The molecule has 3 aromatic rings. The molecule has 8 nitrogen and oxygen atoms in total. The van der Waals surface area contributed by atoms with E-state index in [4.69, 9.17) is 17.3 Å². The van der Waals surface area contributed by atoms with Crippen molar-refractivity contribution in [2.75, 3.05) is 4.31 Å². The molecule has 1 atom stereocenters. The number of nitrogens with two attached hydrogens (primary N) is 1. The molecule has 1 amide bonds. The van der Waals surface area contributed by atoms with Gasteiger partial charge in [-0.2, -0.15) is 0 Å². The van der Waals surface area contributed by atoms with Gasteiger partial charge in [0.2, 0.25) is 0 Å². The normalized spacial score (nSPS) is 12.6. The molecule has 0 aliphatic rings. The van der Waals surface area contributed by atoms with Gasteiger partial charge >= 0.3 is 0 Å². The Morgan fingerprint density at radius 2 is 1.86 bits per heavy atom. The first-order valence-electron chi connectivity index (χ1n) is 8.61. The maximum atomic E-state index is 12.2. The Morgan fingerprint density at radius 1 is 1.21 bits per heavy atom. The van der Waals surface area contributed by atoms with E-state index in [2.05, 4.69) is 31.1 Å². The van der Waals surface area contributed by atoms with Crippen LogP contribution < -0.4 is 10.0 Å². The summed E-state index contributed by atoms with van der Waals surface area (Å²) in [6.45, 7) is 6.26. The van der Waals surface area contributed by atoms with E-state index in [0.29, 0.717) is 22.1 Å². The van der Waals surface area contributed by atoms with Gasteiger partial charge in [0.15, 0.2) is 5.69 Å². The molecule has 0 fully saturated rings. The van der Waals surface area contributed by atoms with Crippen molar-refractivity contribution in [2.45, 2.75) is 26.2 Å². The standard InChI is InChI=1S/C19H20ClN5O3S/c1-19(2,3)12-4-7-14(8-5-12)25(29(27)28)16-9-6-13(20)10-17(16)24-11-15(18(21)26)22-23-24/h4-11H,1-3H3,(H2,21,26)(H,27,28). The second-order valence-corrected chi connectivity index (χ2v) is 8.63. The summed E-state index contributed by atoms with van der Waals surface area (Å²) in [6.07, 6.45) is 1.33. The molecule has 0 aliphatic heterocycles. The zero-order valence-electron chi connectivity index (χ0n) is 16.0. The van der Waals surface area contributed by atoms with Gasteiger partial charge < -0.3 is 5.73 Å². The van der Waals surface area contributed by atoms with Gasteiger partial charge in [-0.15, -0.1) is 5.10 Å². The molecule has 0 bridgehead atoms. The number of carbonyl (C=O) groups is 1. The van der Waals surface area contributed by atoms with Crippen molar-refractivity contribution in [3.05, 3.63) is 64.9 Å². The smallest absolute Gasteiger partial charge is 0.270 e. The van der Waals surface area contributed by atoms with Crippen LogP contribution in [-0.2, 0) is 16.7 Å². The average molecular weight is 434 g/mol. The molecule has 0 aliphatic carbocycles. The summed E-state index contributed by atoms with van der Waals surface area (Å²) in [7, 11) is 0. The van der Waals surface area contributed by atoms with Crippen LogP contribution in [0, 0.1) is 0 Å². The monoisotopic (exact) mass is 433 g/mol. The largest absolute Gasteiger partial charge is 0.364 e. The van der Waals surface area contributed by atoms with Crippen LogP contribution in [-0.4, -0.2) is 29.7 Å². The highest BCUT2D eigenvalue weighted by Crippen LogP contribution is 2.35. The number of halogens is 1. The molecular weight excluding hydrogens is 414 g/mol. The second kappa shape index (κ2) is 7.94. The average Bonchev–Trinajstić information content (AvgIpc) is 3.13. The fourth-order valence-corrected chi connectivity index (χ4v) is 3.55. The third-order valence-electron chi connectivity index (χ3n) is 4.27. The van der Waals surface area contributed by atoms with Crippen LogP contribution in [0.1, 0.15) is 36.8 Å². The Labute approximate surface area is 175 Å². The first-order chi connectivity index (χ1) is 13.6. The minimum Gasteiger partial charge on any atom is -0.364 e. The Hall–Kier alpha value is -2.75. The molecule has 0 radical (unpaired) electrons. The molecule has 3 rings (SSSR count). The van der Waals surface area contributed by atoms with Crippen molar-refractivity contribution >= 4 is 40.1 Å². The SMILES string of the molecule is CC(C)(C)c1ccc(N(c2ccc(Cl)cc2-n2cc(C(N)=O)nn2)S(=O)O)cc1. The lowest BCUT2D eigenvalue weighted by molar-refractivity contribution is 0.0995. The number of hydrogen-bond donors (Lipinski definition) is 2. The summed E-state index contributed by atoms with van der Waals surface area (Å²) in [4.78, 5) is 11.4.